The normalized spacial score (nSPS) is 12.2. The SMILES string of the molecule is C[C@@H](NC(=O)CBr)c1cccc(F)c1. The lowest BCUT2D eigenvalue weighted by Gasteiger charge is -2.13. The molecular weight excluding hydrogens is 249 g/mol. The Morgan fingerprint density at radius 1 is 1.64 bits per heavy atom. The lowest BCUT2D eigenvalue weighted by molar-refractivity contribution is -0.119. The maximum Gasteiger partial charge on any atom is 0.231 e. The van der Waals surface area contributed by atoms with Crippen molar-refractivity contribution in [1.29, 1.82) is 0 Å². The number of alkyl halides is 1. The molecule has 0 aliphatic carbocycles. The lowest BCUT2D eigenvalue weighted by Crippen LogP contribution is -2.27. The number of halogens is 2. The summed E-state index contributed by atoms with van der Waals surface area (Å²) in [4.78, 5) is 11.0. The highest BCUT2D eigenvalue weighted by molar-refractivity contribution is 9.09. The average Bonchev–Trinajstić information content (AvgIpc) is 2.17. The van der Waals surface area contributed by atoms with E-state index >= 15 is 0 Å². The first-order valence-corrected chi connectivity index (χ1v) is 5.36. The minimum absolute atomic E-state index is 0.109. The smallest absolute Gasteiger partial charge is 0.231 e. The molecule has 0 fully saturated rings. The van der Waals surface area contributed by atoms with Gasteiger partial charge in [0, 0.05) is 0 Å². The van der Waals surface area contributed by atoms with Crippen LogP contribution in [0, 0.1) is 5.82 Å². The molecule has 0 aliphatic rings. The summed E-state index contributed by atoms with van der Waals surface area (Å²) in [6.07, 6.45) is 0. The second kappa shape index (κ2) is 5.10. The third-order valence-corrected chi connectivity index (χ3v) is 2.36. The predicted octanol–water partition coefficient (Wildman–Crippen LogP) is 2.40. The molecule has 0 aliphatic heterocycles. The molecule has 0 saturated heterocycles. The Labute approximate surface area is 90.6 Å². The summed E-state index contributed by atoms with van der Waals surface area (Å²) in [6.45, 7) is 1.81. The Kier molecular flexibility index (Phi) is 4.07. The summed E-state index contributed by atoms with van der Waals surface area (Å²) >= 11 is 3.04. The van der Waals surface area contributed by atoms with E-state index in [1.807, 2.05) is 6.92 Å². The molecule has 1 amide bonds. The highest BCUT2D eigenvalue weighted by atomic mass is 79.9. The van der Waals surface area contributed by atoms with E-state index < -0.39 is 0 Å². The highest BCUT2D eigenvalue weighted by Crippen LogP contribution is 2.13. The molecule has 2 nitrogen and oxygen atoms in total. The van der Waals surface area contributed by atoms with Gasteiger partial charge < -0.3 is 5.32 Å². The zero-order valence-corrected chi connectivity index (χ0v) is 9.34. The Bertz CT molecular complexity index is 330. The summed E-state index contributed by atoms with van der Waals surface area (Å²) in [7, 11) is 0. The van der Waals surface area contributed by atoms with Gasteiger partial charge in [-0.2, -0.15) is 0 Å². The molecule has 0 bridgehead atoms. The van der Waals surface area contributed by atoms with Crippen LogP contribution < -0.4 is 5.32 Å². The van der Waals surface area contributed by atoms with Gasteiger partial charge in [0.05, 0.1) is 11.4 Å². The number of amides is 1. The number of hydrogen-bond acceptors (Lipinski definition) is 1. The molecular formula is C10H11BrFNO. The molecule has 0 spiro atoms. The Morgan fingerprint density at radius 3 is 2.93 bits per heavy atom. The standard InChI is InChI=1S/C10H11BrFNO/c1-7(13-10(14)6-11)8-3-2-4-9(12)5-8/h2-5,7H,6H2,1H3,(H,13,14)/t7-/m1/s1. The van der Waals surface area contributed by atoms with Gasteiger partial charge in [0.1, 0.15) is 5.82 Å². The van der Waals surface area contributed by atoms with Crippen molar-refractivity contribution >= 4 is 21.8 Å². The molecule has 1 rings (SSSR count). The van der Waals surface area contributed by atoms with E-state index in [1.54, 1.807) is 12.1 Å². The summed E-state index contributed by atoms with van der Waals surface area (Å²) in [6, 6.07) is 6.03. The average molecular weight is 260 g/mol. The van der Waals surface area contributed by atoms with Gasteiger partial charge in [-0.25, -0.2) is 4.39 Å². The fourth-order valence-corrected chi connectivity index (χ4v) is 1.30. The molecule has 0 aromatic heterocycles. The molecule has 0 heterocycles. The van der Waals surface area contributed by atoms with E-state index in [2.05, 4.69) is 21.2 Å². The van der Waals surface area contributed by atoms with Gasteiger partial charge in [0.15, 0.2) is 0 Å². The quantitative estimate of drug-likeness (QED) is 0.831. The van der Waals surface area contributed by atoms with Crippen molar-refractivity contribution in [3.05, 3.63) is 35.6 Å². The topological polar surface area (TPSA) is 29.1 Å². The van der Waals surface area contributed by atoms with Crippen LogP contribution in [-0.4, -0.2) is 11.2 Å². The number of nitrogens with one attached hydrogen (secondary N) is 1. The van der Waals surface area contributed by atoms with Gasteiger partial charge in [0.2, 0.25) is 5.91 Å². The van der Waals surface area contributed by atoms with Crippen LogP contribution in [0.4, 0.5) is 4.39 Å². The fourth-order valence-electron chi connectivity index (χ4n) is 1.14. The van der Waals surface area contributed by atoms with Crippen LogP contribution in [0.1, 0.15) is 18.5 Å². The summed E-state index contributed by atoms with van der Waals surface area (Å²) in [5.41, 5.74) is 0.763. The number of carbonyl (C=O) groups excluding carboxylic acids is 1. The molecule has 76 valence electrons. The molecule has 0 saturated carbocycles. The summed E-state index contributed by atoms with van der Waals surface area (Å²) in [5.74, 6) is -0.399. The Morgan fingerprint density at radius 2 is 2.36 bits per heavy atom. The minimum Gasteiger partial charge on any atom is -0.349 e. The van der Waals surface area contributed by atoms with E-state index in [1.165, 1.54) is 12.1 Å². The van der Waals surface area contributed by atoms with Crippen molar-refractivity contribution in [2.75, 3.05) is 5.33 Å². The van der Waals surface area contributed by atoms with Gasteiger partial charge in [-0.15, -0.1) is 0 Å². The maximum absolute atomic E-state index is 12.8. The Hall–Kier alpha value is -0.900. The molecule has 1 aromatic rings. The number of benzene rings is 1. The van der Waals surface area contributed by atoms with E-state index in [0.717, 1.165) is 5.56 Å². The number of rotatable bonds is 3. The highest BCUT2D eigenvalue weighted by Gasteiger charge is 2.08. The zero-order chi connectivity index (χ0) is 10.6. The first-order chi connectivity index (χ1) is 6.63. The molecule has 1 N–H and O–H groups in total. The van der Waals surface area contributed by atoms with Gasteiger partial charge in [-0.3, -0.25) is 4.79 Å². The molecule has 14 heavy (non-hydrogen) atoms. The lowest BCUT2D eigenvalue weighted by atomic mass is 10.1. The van der Waals surface area contributed by atoms with Crippen molar-refractivity contribution in [3.8, 4) is 0 Å². The Balaban J connectivity index is 2.69. The molecule has 1 aromatic carbocycles. The predicted molar refractivity (Wildman–Crippen MR) is 56.8 cm³/mol. The first-order valence-electron chi connectivity index (χ1n) is 4.24. The largest absolute Gasteiger partial charge is 0.349 e. The summed E-state index contributed by atoms with van der Waals surface area (Å²) < 4.78 is 12.8. The van der Waals surface area contributed by atoms with Crippen LogP contribution in [0.25, 0.3) is 0 Å². The van der Waals surface area contributed by atoms with Crippen LogP contribution >= 0.6 is 15.9 Å². The van der Waals surface area contributed by atoms with Crippen LogP contribution in [-0.2, 0) is 4.79 Å². The molecule has 4 heteroatoms. The van der Waals surface area contributed by atoms with Crippen molar-refractivity contribution in [2.45, 2.75) is 13.0 Å². The molecule has 0 radical (unpaired) electrons. The van der Waals surface area contributed by atoms with E-state index in [4.69, 9.17) is 0 Å². The minimum atomic E-state index is -0.289. The number of hydrogen-bond donors (Lipinski definition) is 1. The van der Waals surface area contributed by atoms with Crippen LogP contribution in [0.5, 0.6) is 0 Å². The molecule has 0 unspecified atom stereocenters. The van der Waals surface area contributed by atoms with E-state index in [0.29, 0.717) is 0 Å². The first kappa shape index (κ1) is 11.2. The van der Waals surface area contributed by atoms with Crippen molar-refractivity contribution in [2.24, 2.45) is 0 Å². The van der Waals surface area contributed by atoms with Crippen molar-refractivity contribution in [1.82, 2.24) is 5.32 Å². The maximum atomic E-state index is 12.8. The fraction of sp³-hybridized carbons (Fsp3) is 0.300. The van der Waals surface area contributed by atoms with Crippen molar-refractivity contribution in [3.63, 3.8) is 0 Å². The van der Waals surface area contributed by atoms with Gasteiger partial charge in [-0.1, -0.05) is 28.1 Å². The van der Waals surface area contributed by atoms with Crippen LogP contribution in [0.3, 0.4) is 0 Å². The third-order valence-electron chi connectivity index (χ3n) is 1.85. The van der Waals surface area contributed by atoms with Crippen molar-refractivity contribution < 1.29 is 9.18 Å². The number of carbonyl (C=O) groups is 1. The van der Waals surface area contributed by atoms with Gasteiger partial charge in [-0.05, 0) is 24.6 Å². The van der Waals surface area contributed by atoms with E-state index in [9.17, 15) is 9.18 Å². The van der Waals surface area contributed by atoms with E-state index in [-0.39, 0.29) is 23.1 Å². The zero-order valence-electron chi connectivity index (χ0n) is 7.76. The molecule has 1 atom stereocenters. The monoisotopic (exact) mass is 259 g/mol. The van der Waals surface area contributed by atoms with Crippen LogP contribution in [0.2, 0.25) is 0 Å². The second-order valence-corrected chi connectivity index (χ2v) is 3.54. The summed E-state index contributed by atoms with van der Waals surface area (Å²) in [5, 5.41) is 2.98. The third kappa shape index (κ3) is 3.10. The second-order valence-electron chi connectivity index (χ2n) is 2.98. The van der Waals surface area contributed by atoms with Crippen LogP contribution in [0.15, 0.2) is 24.3 Å². The van der Waals surface area contributed by atoms with Gasteiger partial charge in [0.25, 0.3) is 0 Å². The van der Waals surface area contributed by atoms with Gasteiger partial charge >= 0.3 is 0 Å².